The molecule has 2 aromatic heterocycles. The van der Waals surface area contributed by atoms with Crippen LogP contribution in [0.1, 0.15) is 41.9 Å². The molecular formula is C31H33FN4O2. The number of aromatic nitrogens is 2. The Balaban J connectivity index is 1.30. The van der Waals surface area contributed by atoms with E-state index in [1.54, 1.807) is 23.9 Å². The van der Waals surface area contributed by atoms with Crippen LogP contribution in [-0.2, 0) is 24.9 Å². The minimum Gasteiger partial charge on any atom is -0.343 e. The molecule has 0 bridgehead atoms. The van der Waals surface area contributed by atoms with Gasteiger partial charge in [-0.2, -0.15) is 0 Å². The maximum atomic E-state index is 14.1. The monoisotopic (exact) mass is 512 g/mol. The van der Waals surface area contributed by atoms with Crippen molar-refractivity contribution in [3.8, 4) is 0 Å². The highest BCUT2D eigenvalue weighted by Crippen LogP contribution is 2.36. The number of hydrogen-bond donors (Lipinski definition) is 1. The lowest BCUT2D eigenvalue weighted by atomic mass is 9.80. The van der Waals surface area contributed by atoms with Crippen LogP contribution >= 0.6 is 0 Å². The standard InChI is InChI=1S/C31H33FN4O2/c1-34-15-13-22(16-30(34)37)26-12-14-33-17-28(26)31(38)36(25-10-11-25)20-23-19-35(29-5-3-2-4-27(23)29)18-21-6-8-24(32)9-7-21/h2-9,13,15-16,19,25-26,28,33H,10-12,14,17-18,20H2,1H3/t26-,28?/m1/s1. The number of benzene rings is 2. The molecule has 0 radical (unpaired) electrons. The van der Waals surface area contributed by atoms with Gasteiger partial charge in [0.25, 0.3) is 5.56 Å². The number of carbonyl (C=O) groups excluding carboxylic acids is 1. The summed E-state index contributed by atoms with van der Waals surface area (Å²) >= 11 is 0. The van der Waals surface area contributed by atoms with Gasteiger partial charge in [-0.05, 0) is 72.7 Å². The Morgan fingerprint density at radius 1 is 1.08 bits per heavy atom. The van der Waals surface area contributed by atoms with E-state index in [1.807, 2.05) is 30.3 Å². The van der Waals surface area contributed by atoms with Gasteiger partial charge in [-0.25, -0.2) is 4.39 Å². The van der Waals surface area contributed by atoms with Gasteiger partial charge in [0.15, 0.2) is 0 Å². The van der Waals surface area contributed by atoms with Gasteiger partial charge in [0.2, 0.25) is 5.91 Å². The maximum Gasteiger partial charge on any atom is 0.250 e. The third-order valence-corrected chi connectivity index (χ3v) is 8.10. The minimum absolute atomic E-state index is 0.0266. The highest BCUT2D eigenvalue weighted by Gasteiger charge is 2.40. The number of hydrogen-bond acceptors (Lipinski definition) is 3. The summed E-state index contributed by atoms with van der Waals surface area (Å²) in [5.41, 5.74) is 4.17. The predicted molar refractivity (Wildman–Crippen MR) is 146 cm³/mol. The Kier molecular flexibility index (Phi) is 6.62. The van der Waals surface area contributed by atoms with Crippen LogP contribution in [0.5, 0.6) is 0 Å². The summed E-state index contributed by atoms with van der Waals surface area (Å²) in [6.45, 7) is 2.65. The zero-order chi connectivity index (χ0) is 26.2. The molecule has 7 heteroatoms. The average Bonchev–Trinajstić information content (AvgIpc) is 3.73. The lowest BCUT2D eigenvalue weighted by Gasteiger charge is -2.35. The topological polar surface area (TPSA) is 59.3 Å². The second kappa shape index (κ2) is 10.2. The molecule has 38 heavy (non-hydrogen) atoms. The highest BCUT2D eigenvalue weighted by atomic mass is 19.1. The summed E-state index contributed by atoms with van der Waals surface area (Å²) in [6.07, 6.45) is 6.83. The maximum absolute atomic E-state index is 14.1. The van der Waals surface area contributed by atoms with Crippen LogP contribution in [0.25, 0.3) is 10.9 Å². The lowest BCUT2D eigenvalue weighted by molar-refractivity contribution is -0.138. The fourth-order valence-corrected chi connectivity index (χ4v) is 5.85. The van der Waals surface area contributed by atoms with Crippen LogP contribution in [0.3, 0.4) is 0 Å². The van der Waals surface area contributed by atoms with E-state index >= 15 is 0 Å². The van der Waals surface area contributed by atoms with E-state index in [0.717, 1.165) is 53.4 Å². The number of nitrogens with zero attached hydrogens (tertiary/aromatic N) is 3. The number of para-hydroxylation sites is 1. The number of amides is 1. The summed E-state index contributed by atoms with van der Waals surface area (Å²) in [5.74, 6) is -0.250. The van der Waals surface area contributed by atoms with Crippen LogP contribution in [0.2, 0.25) is 0 Å². The van der Waals surface area contributed by atoms with E-state index in [4.69, 9.17) is 0 Å². The van der Waals surface area contributed by atoms with Crippen LogP contribution in [0, 0.1) is 11.7 Å². The van der Waals surface area contributed by atoms with E-state index in [9.17, 15) is 14.0 Å². The van der Waals surface area contributed by atoms with E-state index < -0.39 is 0 Å². The normalized spacial score (nSPS) is 19.5. The van der Waals surface area contributed by atoms with Crippen molar-refractivity contribution in [2.75, 3.05) is 13.1 Å². The molecule has 1 amide bonds. The third-order valence-electron chi connectivity index (χ3n) is 8.10. The van der Waals surface area contributed by atoms with Crippen molar-refractivity contribution in [1.82, 2.24) is 19.4 Å². The van der Waals surface area contributed by atoms with E-state index in [2.05, 4.69) is 33.1 Å². The largest absolute Gasteiger partial charge is 0.343 e. The van der Waals surface area contributed by atoms with Crippen molar-refractivity contribution in [3.05, 3.63) is 106 Å². The van der Waals surface area contributed by atoms with Gasteiger partial charge in [-0.15, -0.1) is 0 Å². The lowest BCUT2D eigenvalue weighted by Crippen LogP contribution is -2.47. The molecule has 2 fully saturated rings. The van der Waals surface area contributed by atoms with E-state index in [-0.39, 0.29) is 35.2 Å². The number of pyridine rings is 1. The molecule has 1 saturated carbocycles. The minimum atomic E-state index is -0.239. The molecule has 1 aliphatic carbocycles. The molecule has 1 N–H and O–H groups in total. The van der Waals surface area contributed by atoms with Crippen molar-refractivity contribution in [3.63, 3.8) is 0 Å². The zero-order valence-electron chi connectivity index (χ0n) is 21.6. The quantitative estimate of drug-likeness (QED) is 0.399. The van der Waals surface area contributed by atoms with Gasteiger partial charge in [-0.3, -0.25) is 9.59 Å². The van der Waals surface area contributed by atoms with Crippen molar-refractivity contribution in [2.24, 2.45) is 13.0 Å². The zero-order valence-corrected chi connectivity index (χ0v) is 21.6. The predicted octanol–water partition coefficient (Wildman–Crippen LogP) is 4.41. The second-order valence-electron chi connectivity index (χ2n) is 10.7. The van der Waals surface area contributed by atoms with Crippen molar-refractivity contribution in [2.45, 2.75) is 44.3 Å². The molecule has 4 aromatic rings. The summed E-state index contributed by atoms with van der Waals surface area (Å²) in [4.78, 5) is 28.6. The number of halogens is 1. The van der Waals surface area contributed by atoms with Gasteiger partial charge < -0.3 is 19.4 Å². The van der Waals surface area contributed by atoms with Gasteiger partial charge in [0.1, 0.15) is 5.82 Å². The summed E-state index contributed by atoms with van der Waals surface area (Å²) in [7, 11) is 1.75. The number of piperidine rings is 1. The van der Waals surface area contributed by atoms with E-state index in [0.29, 0.717) is 19.6 Å². The Labute approximate surface area is 221 Å². The molecule has 6 rings (SSSR count). The number of nitrogens with one attached hydrogen (secondary N) is 1. The summed E-state index contributed by atoms with van der Waals surface area (Å²) < 4.78 is 17.2. The first-order valence-electron chi connectivity index (χ1n) is 13.5. The first kappa shape index (κ1) is 24.6. The SMILES string of the molecule is Cn1ccc([C@H]2CCNCC2C(=O)N(Cc2cn(Cc3ccc(F)cc3)c3ccccc23)C2CC2)cc1=O. The van der Waals surface area contributed by atoms with Crippen LogP contribution < -0.4 is 10.9 Å². The second-order valence-corrected chi connectivity index (χ2v) is 10.7. The Bertz CT molecular complexity index is 1520. The highest BCUT2D eigenvalue weighted by molar-refractivity contribution is 5.86. The average molecular weight is 513 g/mol. The molecule has 196 valence electrons. The smallest absolute Gasteiger partial charge is 0.250 e. The van der Waals surface area contributed by atoms with Gasteiger partial charge in [0, 0.05) is 62.1 Å². The molecule has 2 atom stereocenters. The van der Waals surface area contributed by atoms with Crippen LogP contribution in [-0.4, -0.2) is 39.1 Å². The van der Waals surface area contributed by atoms with Gasteiger partial charge >= 0.3 is 0 Å². The van der Waals surface area contributed by atoms with E-state index in [1.165, 1.54) is 12.1 Å². The molecule has 3 heterocycles. The Morgan fingerprint density at radius 2 is 1.87 bits per heavy atom. The first-order valence-corrected chi connectivity index (χ1v) is 13.5. The molecule has 2 aliphatic rings. The first-order chi connectivity index (χ1) is 18.5. The molecule has 6 nitrogen and oxygen atoms in total. The number of rotatable bonds is 7. The van der Waals surface area contributed by atoms with Gasteiger partial charge in [0.05, 0.1) is 5.92 Å². The molecule has 2 aromatic carbocycles. The molecule has 1 unspecified atom stereocenters. The molecule has 1 saturated heterocycles. The van der Waals surface area contributed by atoms with Crippen molar-refractivity contribution in [1.29, 1.82) is 0 Å². The summed E-state index contributed by atoms with van der Waals surface area (Å²) in [5, 5.41) is 4.56. The molecular weight excluding hydrogens is 479 g/mol. The van der Waals surface area contributed by atoms with Crippen molar-refractivity contribution >= 4 is 16.8 Å². The fraction of sp³-hybridized carbons (Fsp3) is 0.355. The Morgan fingerprint density at radius 3 is 2.63 bits per heavy atom. The van der Waals surface area contributed by atoms with Crippen LogP contribution in [0.15, 0.2) is 77.9 Å². The number of fused-ring (bicyclic) bond motifs is 1. The third kappa shape index (κ3) is 4.90. The van der Waals surface area contributed by atoms with Crippen molar-refractivity contribution < 1.29 is 9.18 Å². The Hall–Kier alpha value is -3.71. The number of aryl methyl sites for hydroxylation is 1. The van der Waals surface area contributed by atoms with Gasteiger partial charge in [-0.1, -0.05) is 30.3 Å². The molecule has 0 spiro atoms. The molecule has 1 aliphatic heterocycles. The number of carbonyl (C=O) groups is 1. The summed E-state index contributed by atoms with van der Waals surface area (Å²) in [6, 6.07) is 18.8. The van der Waals surface area contributed by atoms with Crippen LogP contribution in [0.4, 0.5) is 4.39 Å². The fourth-order valence-electron chi connectivity index (χ4n) is 5.85.